The molecule has 0 saturated heterocycles. The topological polar surface area (TPSA) is 54.0 Å². The highest BCUT2D eigenvalue weighted by molar-refractivity contribution is 6.07. The van der Waals surface area contributed by atoms with E-state index in [-0.39, 0.29) is 5.91 Å². The number of benzene rings is 1. The SMILES string of the molecule is CCNc1cnccc1C(=O)Nc1ccccc1. The minimum absolute atomic E-state index is 0.139. The normalized spacial score (nSPS) is 9.83. The number of anilines is 2. The van der Waals surface area contributed by atoms with E-state index >= 15 is 0 Å². The van der Waals surface area contributed by atoms with Crippen molar-refractivity contribution in [2.45, 2.75) is 6.92 Å². The van der Waals surface area contributed by atoms with Gasteiger partial charge in [-0.3, -0.25) is 9.78 Å². The van der Waals surface area contributed by atoms with Gasteiger partial charge in [0.25, 0.3) is 5.91 Å². The molecule has 0 saturated carbocycles. The van der Waals surface area contributed by atoms with Gasteiger partial charge in [-0.1, -0.05) is 18.2 Å². The van der Waals surface area contributed by atoms with Crippen LogP contribution in [0.5, 0.6) is 0 Å². The highest BCUT2D eigenvalue weighted by Gasteiger charge is 2.10. The van der Waals surface area contributed by atoms with Crippen molar-refractivity contribution in [2.24, 2.45) is 0 Å². The van der Waals surface area contributed by atoms with Crippen molar-refractivity contribution in [3.05, 3.63) is 54.4 Å². The molecule has 18 heavy (non-hydrogen) atoms. The minimum atomic E-state index is -0.139. The van der Waals surface area contributed by atoms with Crippen molar-refractivity contribution >= 4 is 17.3 Å². The van der Waals surface area contributed by atoms with Crippen LogP contribution in [0.1, 0.15) is 17.3 Å². The number of pyridine rings is 1. The molecule has 0 aliphatic carbocycles. The average molecular weight is 241 g/mol. The quantitative estimate of drug-likeness (QED) is 0.865. The molecule has 0 unspecified atom stereocenters. The van der Waals surface area contributed by atoms with Crippen LogP contribution in [-0.2, 0) is 0 Å². The van der Waals surface area contributed by atoms with Gasteiger partial charge in [0.05, 0.1) is 17.4 Å². The van der Waals surface area contributed by atoms with Gasteiger partial charge < -0.3 is 10.6 Å². The fraction of sp³-hybridized carbons (Fsp3) is 0.143. The molecule has 0 spiro atoms. The molecule has 0 radical (unpaired) electrons. The third-order valence-corrected chi connectivity index (χ3v) is 2.46. The smallest absolute Gasteiger partial charge is 0.257 e. The van der Waals surface area contributed by atoms with Crippen molar-refractivity contribution in [3.8, 4) is 0 Å². The molecule has 0 fully saturated rings. The van der Waals surface area contributed by atoms with E-state index in [4.69, 9.17) is 0 Å². The summed E-state index contributed by atoms with van der Waals surface area (Å²) < 4.78 is 0. The molecule has 2 rings (SSSR count). The zero-order valence-electron chi connectivity index (χ0n) is 10.2. The number of nitrogens with zero attached hydrogens (tertiary/aromatic N) is 1. The van der Waals surface area contributed by atoms with Crippen molar-refractivity contribution in [3.63, 3.8) is 0 Å². The van der Waals surface area contributed by atoms with Crippen molar-refractivity contribution in [1.29, 1.82) is 0 Å². The molecule has 4 nitrogen and oxygen atoms in total. The number of para-hydroxylation sites is 1. The summed E-state index contributed by atoms with van der Waals surface area (Å²) in [5.41, 5.74) is 2.12. The molecule has 1 aromatic carbocycles. The number of hydrogen-bond acceptors (Lipinski definition) is 3. The Morgan fingerprint density at radius 1 is 1.22 bits per heavy atom. The molecular formula is C14H15N3O. The predicted molar refractivity (Wildman–Crippen MR) is 72.8 cm³/mol. The number of rotatable bonds is 4. The Kier molecular flexibility index (Phi) is 3.91. The molecule has 2 N–H and O–H groups in total. The molecular weight excluding hydrogens is 226 g/mol. The Morgan fingerprint density at radius 2 is 2.00 bits per heavy atom. The fourth-order valence-corrected chi connectivity index (χ4v) is 1.64. The van der Waals surface area contributed by atoms with Crippen LogP contribution in [0, 0.1) is 0 Å². The van der Waals surface area contributed by atoms with Gasteiger partial charge in [0.1, 0.15) is 0 Å². The second-order valence-corrected chi connectivity index (χ2v) is 3.77. The Labute approximate surface area is 106 Å². The number of aromatic nitrogens is 1. The van der Waals surface area contributed by atoms with Crippen LogP contribution in [0.2, 0.25) is 0 Å². The van der Waals surface area contributed by atoms with Crippen LogP contribution in [0.3, 0.4) is 0 Å². The van der Waals surface area contributed by atoms with Crippen molar-refractivity contribution < 1.29 is 4.79 Å². The first kappa shape index (κ1) is 12.1. The molecule has 92 valence electrons. The molecule has 1 heterocycles. The third-order valence-electron chi connectivity index (χ3n) is 2.46. The zero-order chi connectivity index (χ0) is 12.8. The summed E-state index contributed by atoms with van der Waals surface area (Å²) in [5.74, 6) is -0.139. The van der Waals surface area contributed by atoms with Crippen molar-refractivity contribution in [2.75, 3.05) is 17.2 Å². The molecule has 2 aromatic rings. The summed E-state index contributed by atoms with van der Waals surface area (Å²) in [6.07, 6.45) is 3.27. The number of nitrogens with one attached hydrogen (secondary N) is 2. The van der Waals surface area contributed by atoms with Gasteiger partial charge >= 0.3 is 0 Å². The molecule has 0 aliphatic rings. The zero-order valence-corrected chi connectivity index (χ0v) is 10.2. The van der Waals surface area contributed by atoms with Gasteiger partial charge in [-0.05, 0) is 25.1 Å². The lowest BCUT2D eigenvalue weighted by molar-refractivity contribution is 0.102. The fourth-order valence-electron chi connectivity index (χ4n) is 1.64. The number of carbonyl (C=O) groups excluding carboxylic acids is 1. The van der Waals surface area contributed by atoms with E-state index in [0.717, 1.165) is 17.9 Å². The van der Waals surface area contributed by atoms with E-state index in [2.05, 4.69) is 15.6 Å². The second-order valence-electron chi connectivity index (χ2n) is 3.77. The standard InChI is InChI=1S/C14H15N3O/c1-2-16-13-10-15-9-8-12(13)14(18)17-11-6-4-3-5-7-11/h3-10,16H,2H2,1H3,(H,17,18). The van der Waals surface area contributed by atoms with Crippen molar-refractivity contribution in [1.82, 2.24) is 4.98 Å². The molecule has 0 bridgehead atoms. The Balaban J connectivity index is 2.19. The Bertz CT molecular complexity index is 526. The Morgan fingerprint density at radius 3 is 2.72 bits per heavy atom. The summed E-state index contributed by atoms with van der Waals surface area (Å²) in [6, 6.07) is 11.1. The van der Waals surface area contributed by atoms with Gasteiger partial charge in [-0.15, -0.1) is 0 Å². The molecule has 0 atom stereocenters. The highest BCUT2D eigenvalue weighted by Crippen LogP contribution is 2.15. The number of carbonyl (C=O) groups is 1. The second kappa shape index (κ2) is 5.82. The molecule has 0 aliphatic heterocycles. The lowest BCUT2D eigenvalue weighted by atomic mass is 10.2. The number of amides is 1. The summed E-state index contributed by atoms with van der Waals surface area (Å²) in [5, 5.41) is 5.97. The summed E-state index contributed by atoms with van der Waals surface area (Å²) >= 11 is 0. The van der Waals surface area contributed by atoms with E-state index in [1.165, 1.54) is 0 Å². The monoisotopic (exact) mass is 241 g/mol. The maximum atomic E-state index is 12.1. The van der Waals surface area contributed by atoms with E-state index in [1.54, 1.807) is 18.5 Å². The molecule has 1 amide bonds. The first-order valence-electron chi connectivity index (χ1n) is 5.85. The van der Waals surface area contributed by atoms with Gasteiger partial charge in [-0.25, -0.2) is 0 Å². The molecule has 1 aromatic heterocycles. The largest absolute Gasteiger partial charge is 0.383 e. The average Bonchev–Trinajstić information content (AvgIpc) is 2.41. The first-order valence-corrected chi connectivity index (χ1v) is 5.85. The maximum Gasteiger partial charge on any atom is 0.257 e. The van der Waals surface area contributed by atoms with E-state index in [1.807, 2.05) is 37.3 Å². The van der Waals surface area contributed by atoms with E-state index in [9.17, 15) is 4.79 Å². The van der Waals surface area contributed by atoms with Crippen LogP contribution in [0.15, 0.2) is 48.8 Å². The van der Waals surface area contributed by atoms with Crippen LogP contribution >= 0.6 is 0 Å². The van der Waals surface area contributed by atoms with Gasteiger partial charge in [0.15, 0.2) is 0 Å². The summed E-state index contributed by atoms with van der Waals surface area (Å²) in [4.78, 5) is 16.1. The van der Waals surface area contributed by atoms with Crippen LogP contribution in [-0.4, -0.2) is 17.4 Å². The van der Waals surface area contributed by atoms with E-state index in [0.29, 0.717) is 5.56 Å². The Hall–Kier alpha value is -2.36. The van der Waals surface area contributed by atoms with Gasteiger partial charge in [-0.2, -0.15) is 0 Å². The lowest BCUT2D eigenvalue weighted by Gasteiger charge is -2.10. The lowest BCUT2D eigenvalue weighted by Crippen LogP contribution is -2.14. The summed E-state index contributed by atoms with van der Waals surface area (Å²) in [6.45, 7) is 2.73. The van der Waals surface area contributed by atoms with E-state index < -0.39 is 0 Å². The molecule has 4 heteroatoms. The van der Waals surface area contributed by atoms with Gasteiger partial charge in [0, 0.05) is 18.4 Å². The van der Waals surface area contributed by atoms with Crippen LogP contribution < -0.4 is 10.6 Å². The first-order chi connectivity index (χ1) is 8.81. The highest BCUT2D eigenvalue weighted by atomic mass is 16.1. The van der Waals surface area contributed by atoms with Crippen LogP contribution in [0.4, 0.5) is 11.4 Å². The predicted octanol–water partition coefficient (Wildman–Crippen LogP) is 2.77. The van der Waals surface area contributed by atoms with Gasteiger partial charge in [0.2, 0.25) is 0 Å². The maximum absolute atomic E-state index is 12.1. The van der Waals surface area contributed by atoms with Crippen LogP contribution in [0.25, 0.3) is 0 Å². The third kappa shape index (κ3) is 2.85. The summed E-state index contributed by atoms with van der Waals surface area (Å²) in [7, 11) is 0. The minimum Gasteiger partial charge on any atom is -0.383 e. The number of hydrogen-bond donors (Lipinski definition) is 2.